The average Bonchev–Trinajstić information content (AvgIpc) is 2.46. The first kappa shape index (κ1) is 13.9. The standard InChI is InChI=1S/C18H27NO/c1-19(2)12-14-5-4-6-17-16(14)10-8-13-7-9-15(20-3)11-18(13)17/h7,9,11,14,16-17H,4-6,8,10,12H2,1-3H3. The molecule has 1 aromatic rings. The SMILES string of the molecule is COc1ccc2c(c1)C1CCCC(CN(C)C)C1CC2. The van der Waals surface area contributed by atoms with Crippen molar-refractivity contribution in [1.29, 1.82) is 0 Å². The third kappa shape index (κ3) is 2.58. The fraction of sp³-hybridized carbons (Fsp3) is 0.667. The predicted octanol–water partition coefficient (Wildman–Crippen LogP) is 3.70. The van der Waals surface area contributed by atoms with Crippen molar-refractivity contribution in [2.45, 2.75) is 38.0 Å². The fourth-order valence-electron chi connectivity index (χ4n) is 4.47. The lowest BCUT2D eigenvalue weighted by molar-refractivity contribution is 0.145. The van der Waals surface area contributed by atoms with Gasteiger partial charge in [-0.3, -0.25) is 0 Å². The van der Waals surface area contributed by atoms with Gasteiger partial charge in [0, 0.05) is 6.54 Å². The van der Waals surface area contributed by atoms with Crippen LogP contribution in [0.4, 0.5) is 0 Å². The van der Waals surface area contributed by atoms with Gasteiger partial charge in [-0.25, -0.2) is 0 Å². The number of methoxy groups -OCH3 is 1. The zero-order chi connectivity index (χ0) is 14.1. The van der Waals surface area contributed by atoms with Crippen molar-refractivity contribution in [3.63, 3.8) is 0 Å². The summed E-state index contributed by atoms with van der Waals surface area (Å²) in [7, 11) is 6.20. The Hall–Kier alpha value is -1.02. The molecule has 0 amide bonds. The maximum Gasteiger partial charge on any atom is 0.119 e. The summed E-state index contributed by atoms with van der Waals surface area (Å²) in [4.78, 5) is 2.37. The second kappa shape index (κ2) is 5.77. The molecule has 3 unspecified atom stereocenters. The second-order valence-electron chi connectivity index (χ2n) is 6.83. The summed E-state index contributed by atoms with van der Waals surface area (Å²) in [5.74, 6) is 3.56. The molecule has 0 heterocycles. The van der Waals surface area contributed by atoms with E-state index in [1.54, 1.807) is 18.2 Å². The average molecular weight is 273 g/mol. The monoisotopic (exact) mass is 273 g/mol. The Bertz CT molecular complexity index is 468. The van der Waals surface area contributed by atoms with Gasteiger partial charge < -0.3 is 9.64 Å². The number of benzene rings is 1. The first-order valence-corrected chi connectivity index (χ1v) is 8.00. The molecule has 1 fully saturated rings. The number of fused-ring (bicyclic) bond motifs is 3. The van der Waals surface area contributed by atoms with E-state index in [9.17, 15) is 0 Å². The van der Waals surface area contributed by atoms with E-state index in [0.717, 1.165) is 23.5 Å². The molecule has 0 spiro atoms. The van der Waals surface area contributed by atoms with Crippen LogP contribution >= 0.6 is 0 Å². The molecule has 20 heavy (non-hydrogen) atoms. The maximum absolute atomic E-state index is 5.44. The van der Waals surface area contributed by atoms with Crippen LogP contribution in [0.1, 0.15) is 42.7 Å². The van der Waals surface area contributed by atoms with Crippen LogP contribution in [-0.4, -0.2) is 32.6 Å². The lowest BCUT2D eigenvalue weighted by Gasteiger charge is -2.43. The predicted molar refractivity (Wildman–Crippen MR) is 83.4 cm³/mol. The Labute approximate surface area is 123 Å². The molecule has 3 atom stereocenters. The van der Waals surface area contributed by atoms with Gasteiger partial charge in [-0.2, -0.15) is 0 Å². The summed E-state index contributed by atoms with van der Waals surface area (Å²) in [6, 6.07) is 6.73. The summed E-state index contributed by atoms with van der Waals surface area (Å²) >= 11 is 0. The van der Waals surface area contributed by atoms with Crippen molar-refractivity contribution < 1.29 is 4.74 Å². The number of hydrogen-bond acceptors (Lipinski definition) is 2. The molecule has 2 heteroatoms. The van der Waals surface area contributed by atoms with Crippen LogP contribution in [0.5, 0.6) is 5.75 Å². The van der Waals surface area contributed by atoms with Gasteiger partial charge >= 0.3 is 0 Å². The summed E-state index contributed by atoms with van der Waals surface area (Å²) < 4.78 is 5.44. The van der Waals surface area contributed by atoms with Crippen LogP contribution in [0.15, 0.2) is 18.2 Å². The molecule has 0 N–H and O–H groups in total. The highest BCUT2D eigenvalue weighted by Gasteiger charge is 2.37. The molecular weight excluding hydrogens is 246 g/mol. The Kier molecular flexibility index (Phi) is 4.02. The highest BCUT2D eigenvalue weighted by molar-refractivity contribution is 5.40. The van der Waals surface area contributed by atoms with Crippen LogP contribution in [0.3, 0.4) is 0 Å². The third-order valence-corrected chi connectivity index (χ3v) is 5.31. The van der Waals surface area contributed by atoms with Gasteiger partial charge in [0.15, 0.2) is 0 Å². The molecule has 0 radical (unpaired) electrons. The zero-order valence-electron chi connectivity index (χ0n) is 13.1. The number of hydrogen-bond donors (Lipinski definition) is 0. The quantitative estimate of drug-likeness (QED) is 0.832. The minimum atomic E-state index is 0.771. The zero-order valence-corrected chi connectivity index (χ0v) is 13.1. The van der Waals surface area contributed by atoms with Crippen molar-refractivity contribution in [2.24, 2.45) is 11.8 Å². The molecule has 0 aromatic heterocycles. The smallest absolute Gasteiger partial charge is 0.119 e. The van der Waals surface area contributed by atoms with E-state index in [1.807, 2.05) is 0 Å². The topological polar surface area (TPSA) is 12.5 Å². The molecule has 0 aliphatic heterocycles. The molecule has 3 rings (SSSR count). The molecule has 0 saturated heterocycles. The minimum absolute atomic E-state index is 0.771. The van der Waals surface area contributed by atoms with Gasteiger partial charge in [0.2, 0.25) is 0 Å². The van der Waals surface area contributed by atoms with E-state index in [0.29, 0.717) is 0 Å². The van der Waals surface area contributed by atoms with Gasteiger partial charge in [0.05, 0.1) is 7.11 Å². The van der Waals surface area contributed by atoms with Gasteiger partial charge in [0.1, 0.15) is 5.75 Å². The largest absolute Gasteiger partial charge is 0.497 e. The highest BCUT2D eigenvalue weighted by Crippen LogP contribution is 2.48. The molecule has 2 aliphatic carbocycles. The Morgan fingerprint density at radius 1 is 1.20 bits per heavy atom. The first-order chi connectivity index (χ1) is 9.69. The van der Waals surface area contributed by atoms with Crippen LogP contribution in [0.2, 0.25) is 0 Å². The number of ether oxygens (including phenoxy) is 1. The van der Waals surface area contributed by atoms with Crippen molar-refractivity contribution in [1.82, 2.24) is 4.90 Å². The van der Waals surface area contributed by atoms with E-state index in [-0.39, 0.29) is 0 Å². The van der Waals surface area contributed by atoms with Crippen molar-refractivity contribution in [2.75, 3.05) is 27.7 Å². The summed E-state index contributed by atoms with van der Waals surface area (Å²) in [6.45, 7) is 1.25. The Balaban J connectivity index is 1.88. The van der Waals surface area contributed by atoms with E-state index in [1.165, 1.54) is 38.6 Å². The van der Waals surface area contributed by atoms with Crippen molar-refractivity contribution in [3.8, 4) is 5.75 Å². The van der Waals surface area contributed by atoms with Crippen LogP contribution in [0.25, 0.3) is 0 Å². The number of aryl methyl sites for hydroxylation is 1. The lowest BCUT2D eigenvalue weighted by Crippen LogP contribution is -2.36. The summed E-state index contributed by atoms with van der Waals surface area (Å²) in [5, 5.41) is 0. The van der Waals surface area contributed by atoms with E-state index >= 15 is 0 Å². The number of nitrogens with zero attached hydrogens (tertiary/aromatic N) is 1. The second-order valence-corrected chi connectivity index (χ2v) is 6.83. The van der Waals surface area contributed by atoms with E-state index in [4.69, 9.17) is 4.74 Å². The molecule has 1 aromatic carbocycles. The molecule has 110 valence electrons. The van der Waals surface area contributed by atoms with Gasteiger partial charge in [-0.15, -0.1) is 0 Å². The molecule has 2 nitrogen and oxygen atoms in total. The van der Waals surface area contributed by atoms with Gasteiger partial charge in [0.25, 0.3) is 0 Å². The highest BCUT2D eigenvalue weighted by atomic mass is 16.5. The fourth-order valence-corrected chi connectivity index (χ4v) is 4.47. The van der Waals surface area contributed by atoms with Crippen molar-refractivity contribution in [3.05, 3.63) is 29.3 Å². The third-order valence-electron chi connectivity index (χ3n) is 5.31. The van der Waals surface area contributed by atoms with E-state index < -0.39 is 0 Å². The summed E-state index contributed by atoms with van der Waals surface area (Å²) in [5.41, 5.74) is 3.15. The van der Waals surface area contributed by atoms with E-state index in [2.05, 4.69) is 37.2 Å². The van der Waals surface area contributed by atoms with Crippen LogP contribution in [-0.2, 0) is 6.42 Å². The van der Waals surface area contributed by atoms with Crippen LogP contribution < -0.4 is 4.74 Å². The molecular formula is C18H27NO. The van der Waals surface area contributed by atoms with Crippen LogP contribution in [0, 0.1) is 11.8 Å². The maximum atomic E-state index is 5.44. The Morgan fingerprint density at radius 2 is 2.05 bits per heavy atom. The minimum Gasteiger partial charge on any atom is -0.497 e. The Morgan fingerprint density at radius 3 is 2.80 bits per heavy atom. The normalized spacial score (nSPS) is 28.9. The molecule has 1 saturated carbocycles. The molecule has 2 aliphatic rings. The first-order valence-electron chi connectivity index (χ1n) is 8.00. The number of rotatable bonds is 3. The summed E-state index contributed by atoms with van der Waals surface area (Å²) in [6.07, 6.45) is 6.80. The van der Waals surface area contributed by atoms with Crippen molar-refractivity contribution >= 4 is 0 Å². The molecule has 0 bridgehead atoms. The van der Waals surface area contributed by atoms with Gasteiger partial charge in [-0.1, -0.05) is 12.5 Å². The van der Waals surface area contributed by atoms with Gasteiger partial charge in [-0.05, 0) is 80.8 Å². The lowest BCUT2D eigenvalue weighted by atomic mass is 9.63.